The molecule has 0 saturated heterocycles. The lowest BCUT2D eigenvalue weighted by atomic mass is 9.85. The van der Waals surface area contributed by atoms with Crippen molar-refractivity contribution in [1.82, 2.24) is 9.88 Å². The Morgan fingerprint density at radius 2 is 1.67 bits per heavy atom. The average Bonchev–Trinajstić information content (AvgIpc) is 3.00. The van der Waals surface area contributed by atoms with Gasteiger partial charge in [-0.15, -0.1) is 0 Å². The fraction of sp³-hybridized carbons (Fsp3) is 0.318. The Labute approximate surface area is 159 Å². The van der Waals surface area contributed by atoms with E-state index in [2.05, 4.69) is 31.8 Å². The maximum Gasteiger partial charge on any atom is 0.253 e. The van der Waals surface area contributed by atoms with E-state index in [4.69, 9.17) is 0 Å². The zero-order valence-corrected chi connectivity index (χ0v) is 16.4. The van der Waals surface area contributed by atoms with Crippen molar-refractivity contribution in [3.8, 4) is 11.1 Å². The predicted octanol–water partition coefficient (Wildman–Crippen LogP) is 3.82. The van der Waals surface area contributed by atoms with Crippen LogP contribution in [0, 0.1) is 0 Å². The maximum atomic E-state index is 12.1. The molecule has 0 aliphatic heterocycles. The predicted molar refractivity (Wildman–Crippen MR) is 108 cm³/mol. The van der Waals surface area contributed by atoms with E-state index in [0.29, 0.717) is 11.3 Å². The molecule has 0 fully saturated rings. The van der Waals surface area contributed by atoms with E-state index < -0.39 is 6.29 Å². The summed E-state index contributed by atoms with van der Waals surface area (Å²) in [4.78, 5) is 16.9. The monoisotopic (exact) mass is 366 g/mol. The van der Waals surface area contributed by atoms with E-state index in [1.165, 1.54) is 4.90 Å². The van der Waals surface area contributed by atoms with Gasteiger partial charge in [0.1, 0.15) is 0 Å². The molecule has 1 heterocycles. The van der Waals surface area contributed by atoms with Crippen LogP contribution >= 0.6 is 0 Å². The molecule has 0 spiro atoms. The molecule has 0 atom stereocenters. The van der Waals surface area contributed by atoms with Crippen LogP contribution in [-0.2, 0) is 5.41 Å². The second kappa shape index (κ2) is 6.83. The summed E-state index contributed by atoms with van der Waals surface area (Å²) >= 11 is 0. The Balaban J connectivity index is 2.22. The van der Waals surface area contributed by atoms with Gasteiger partial charge in [0.15, 0.2) is 6.29 Å². The molecule has 1 aromatic heterocycles. The Bertz CT molecular complexity index is 977. The van der Waals surface area contributed by atoms with Crippen molar-refractivity contribution in [2.24, 2.45) is 0 Å². The first-order valence-electron chi connectivity index (χ1n) is 8.94. The smallest absolute Gasteiger partial charge is 0.253 e. The topological polar surface area (TPSA) is 76.6 Å². The summed E-state index contributed by atoms with van der Waals surface area (Å²) in [6, 6.07) is 13.2. The van der Waals surface area contributed by atoms with Crippen molar-refractivity contribution >= 4 is 16.8 Å². The number of nitrogens with zero attached hydrogens (tertiary/aromatic N) is 1. The second-order valence-corrected chi connectivity index (χ2v) is 8.04. The van der Waals surface area contributed by atoms with Crippen molar-refractivity contribution in [1.29, 1.82) is 0 Å². The van der Waals surface area contributed by atoms with Gasteiger partial charge in [-0.1, -0.05) is 51.1 Å². The van der Waals surface area contributed by atoms with Gasteiger partial charge in [-0.05, 0) is 28.7 Å². The zero-order chi connectivity index (χ0) is 19.9. The summed E-state index contributed by atoms with van der Waals surface area (Å²) in [6.45, 7) is 6.37. The lowest BCUT2D eigenvalue weighted by molar-refractivity contribution is -0.0448. The number of amides is 1. The molecule has 27 heavy (non-hydrogen) atoms. The number of para-hydroxylation sites is 1. The standard InChI is InChI=1S/C22H26N2O3/c1-22(2,3)16-8-6-7-15-17(19(21(26)27)23-18(15)16)13-9-11-14(12-10-13)20(25)24(4)5/h6-12,21,23,26-27H,1-5H3. The van der Waals surface area contributed by atoms with Crippen LogP contribution in [0.3, 0.4) is 0 Å². The molecule has 1 amide bonds. The van der Waals surface area contributed by atoms with E-state index in [0.717, 1.165) is 27.6 Å². The minimum absolute atomic E-state index is 0.0714. The number of benzene rings is 2. The molecule has 5 nitrogen and oxygen atoms in total. The highest BCUT2D eigenvalue weighted by Gasteiger charge is 2.23. The van der Waals surface area contributed by atoms with Crippen molar-refractivity contribution in [3.05, 3.63) is 59.3 Å². The molecule has 5 heteroatoms. The highest BCUT2D eigenvalue weighted by molar-refractivity contribution is 6.00. The summed E-state index contributed by atoms with van der Waals surface area (Å²) in [5, 5.41) is 20.8. The SMILES string of the molecule is CN(C)C(=O)c1ccc(-c2c(C(O)O)[nH]c3c(C(C)(C)C)cccc23)cc1. The Morgan fingerprint density at radius 3 is 2.19 bits per heavy atom. The third-order valence-corrected chi connectivity index (χ3v) is 4.76. The van der Waals surface area contributed by atoms with E-state index in [1.807, 2.05) is 24.3 Å². The summed E-state index contributed by atoms with van der Waals surface area (Å²) in [6.07, 6.45) is -1.62. The Hall–Kier alpha value is -2.63. The lowest BCUT2D eigenvalue weighted by Gasteiger charge is -2.20. The van der Waals surface area contributed by atoms with Crippen molar-refractivity contribution < 1.29 is 15.0 Å². The number of rotatable bonds is 3. The van der Waals surface area contributed by atoms with Crippen LogP contribution < -0.4 is 0 Å². The number of hydrogen-bond donors (Lipinski definition) is 3. The summed E-state index contributed by atoms with van der Waals surface area (Å²) in [7, 11) is 3.42. The number of aliphatic hydroxyl groups excluding tert-OH is 1. The first kappa shape index (κ1) is 19.1. The van der Waals surface area contributed by atoms with Crippen LogP contribution in [0.2, 0.25) is 0 Å². The minimum atomic E-state index is -1.62. The molecule has 0 aliphatic carbocycles. The van der Waals surface area contributed by atoms with Crippen molar-refractivity contribution in [3.63, 3.8) is 0 Å². The molecule has 142 valence electrons. The summed E-state index contributed by atoms with van der Waals surface area (Å²) in [5.41, 5.74) is 4.42. The zero-order valence-electron chi connectivity index (χ0n) is 16.4. The van der Waals surface area contributed by atoms with Gasteiger partial charge >= 0.3 is 0 Å². The second-order valence-electron chi connectivity index (χ2n) is 8.04. The van der Waals surface area contributed by atoms with Crippen LogP contribution in [0.25, 0.3) is 22.0 Å². The number of carbonyl (C=O) groups is 1. The van der Waals surface area contributed by atoms with Crippen LogP contribution in [-0.4, -0.2) is 40.1 Å². The number of aromatic amines is 1. The third kappa shape index (κ3) is 3.48. The molecule has 0 unspecified atom stereocenters. The number of H-pyrrole nitrogens is 1. The molecule has 0 bridgehead atoms. The minimum Gasteiger partial charge on any atom is -0.363 e. The maximum absolute atomic E-state index is 12.1. The van der Waals surface area contributed by atoms with Crippen LogP contribution in [0.5, 0.6) is 0 Å². The normalized spacial score (nSPS) is 12.0. The van der Waals surface area contributed by atoms with Gasteiger partial charge in [0.2, 0.25) is 0 Å². The molecular weight excluding hydrogens is 340 g/mol. The molecule has 2 aromatic carbocycles. The largest absolute Gasteiger partial charge is 0.363 e. The number of carbonyl (C=O) groups excluding carboxylic acids is 1. The van der Waals surface area contributed by atoms with Crippen molar-refractivity contribution in [2.45, 2.75) is 32.5 Å². The molecule has 3 aromatic rings. The first-order chi connectivity index (χ1) is 12.6. The number of fused-ring (bicyclic) bond motifs is 1. The summed E-state index contributed by atoms with van der Waals surface area (Å²) < 4.78 is 0. The molecule has 3 rings (SSSR count). The quantitative estimate of drug-likeness (QED) is 0.617. The third-order valence-electron chi connectivity index (χ3n) is 4.76. The Kier molecular flexibility index (Phi) is 4.84. The van der Waals surface area contributed by atoms with Gasteiger partial charge in [-0.25, -0.2) is 0 Å². The number of aromatic nitrogens is 1. The van der Waals surface area contributed by atoms with Gasteiger partial charge in [0.05, 0.1) is 11.2 Å². The fourth-order valence-electron chi connectivity index (χ4n) is 3.40. The van der Waals surface area contributed by atoms with Crippen molar-refractivity contribution in [2.75, 3.05) is 14.1 Å². The van der Waals surface area contributed by atoms with E-state index in [9.17, 15) is 15.0 Å². The highest BCUT2D eigenvalue weighted by Crippen LogP contribution is 2.39. The summed E-state index contributed by atoms with van der Waals surface area (Å²) in [5.74, 6) is -0.0714. The van der Waals surface area contributed by atoms with E-state index >= 15 is 0 Å². The van der Waals surface area contributed by atoms with Gasteiger partial charge in [0, 0.05) is 30.6 Å². The molecule has 0 aliphatic rings. The number of aliphatic hydroxyl groups is 2. The van der Waals surface area contributed by atoms with Crippen LogP contribution in [0.1, 0.15) is 48.7 Å². The van der Waals surface area contributed by atoms with Gasteiger partial charge in [-0.2, -0.15) is 0 Å². The first-order valence-corrected chi connectivity index (χ1v) is 8.94. The molecule has 0 saturated carbocycles. The lowest BCUT2D eigenvalue weighted by Crippen LogP contribution is -2.21. The average molecular weight is 366 g/mol. The van der Waals surface area contributed by atoms with Gasteiger partial charge in [0.25, 0.3) is 5.91 Å². The van der Waals surface area contributed by atoms with E-state index in [-0.39, 0.29) is 11.3 Å². The fourth-order valence-corrected chi connectivity index (χ4v) is 3.40. The molecule has 3 N–H and O–H groups in total. The molecular formula is C22H26N2O3. The van der Waals surface area contributed by atoms with Crippen LogP contribution in [0.4, 0.5) is 0 Å². The Morgan fingerprint density at radius 1 is 1.04 bits per heavy atom. The number of hydrogen-bond acceptors (Lipinski definition) is 3. The van der Waals surface area contributed by atoms with Gasteiger partial charge in [-0.3, -0.25) is 4.79 Å². The number of nitrogens with one attached hydrogen (secondary N) is 1. The van der Waals surface area contributed by atoms with Crippen LogP contribution in [0.15, 0.2) is 42.5 Å². The van der Waals surface area contributed by atoms with Gasteiger partial charge < -0.3 is 20.1 Å². The molecule has 0 radical (unpaired) electrons. The van der Waals surface area contributed by atoms with E-state index in [1.54, 1.807) is 26.2 Å². The highest BCUT2D eigenvalue weighted by atomic mass is 16.5.